The highest BCUT2D eigenvalue weighted by atomic mass is 35.5. The van der Waals surface area contributed by atoms with Gasteiger partial charge >= 0.3 is 0 Å². The average Bonchev–Trinajstić information content (AvgIpc) is 2.50. The van der Waals surface area contributed by atoms with E-state index in [1.807, 2.05) is 54.9 Å². The maximum atomic E-state index is 8.62. The number of para-hydroxylation sites is 1. The van der Waals surface area contributed by atoms with Crippen LogP contribution in [-0.2, 0) is 0 Å². The van der Waals surface area contributed by atoms with Crippen molar-refractivity contribution in [3.05, 3.63) is 53.6 Å². The summed E-state index contributed by atoms with van der Waals surface area (Å²) in [5.41, 5.74) is 2.46. The third-order valence-electron chi connectivity index (χ3n) is 2.59. The van der Waals surface area contributed by atoms with Crippen LogP contribution in [0.1, 0.15) is 0 Å². The molecular formula is C15H13ClN4S. The lowest BCUT2D eigenvalue weighted by Crippen LogP contribution is -2.12. The van der Waals surface area contributed by atoms with E-state index in [4.69, 9.17) is 16.9 Å². The molecule has 0 aliphatic rings. The third kappa shape index (κ3) is 4.42. The molecule has 2 aromatic carbocycles. The second-order valence-corrected chi connectivity index (χ2v) is 5.22. The number of hydrogen-bond acceptors (Lipinski definition) is 4. The van der Waals surface area contributed by atoms with Gasteiger partial charge in [-0.25, -0.2) is 4.99 Å². The van der Waals surface area contributed by atoms with Crippen LogP contribution in [0.2, 0.25) is 5.02 Å². The van der Waals surface area contributed by atoms with E-state index in [1.165, 1.54) is 11.8 Å². The molecule has 6 heteroatoms. The number of nitrogens with one attached hydrogen (secondary N) is 2. The van der Waals surface area contributed by atoms with E-state index < -0.39 is 0 Å². The second kappa shape index (κ2) is 7.58. The summed E-state index contributed by atoms with van der Waals surface area (Å²) in [6.07, 6.45) is 3.69. The molecule has 0 saturated heterocycles. The molecule has 0 aliphatic carbocycles. The van der Waals surface area contributed by atoms with Gasteiger partial charge in [0.15, 0.2) is 11.4 Å². The SMILES string of the molecule is CSC(=Nc1ccc(Nc2ccccc2)c(Cl)c1)NC#N. The molecule has 0 amide bonds. The number of halogens is 1. The zero-order valence-electron chi connectivity index (χ0n) is 11.3. The summed E-state index contributed by atoms with van der Waals surface area (Å²) >= 11 is 7.62. The molecule has 0 saturated carbocycles. The second-order valence-electron chi connectivity index (χ2n) is 4.01. The van der Waals surface area contributed by atoms with Crippen LogP contribution in [0.5, 0.6) is 0 Å². The number of nitriles is 1. The Hall–Kier alpha value is -2.16. The molecule has 0 atom stereocenters. The Bertz CT molecular complexity index is 680. The fourth-order valence-electron chi connectivity index (χ4n) is 1.64. The molecule has 0 spiro atoms. The molecule has 2 N–H and O–H groups in total. The largest absolute Gasteiger partial charge is 0.354 e. The molecule has 0 heterocycles. The van der Waals surface area contributed by atoms with Crippen LogP contribution in [-0.4, -0.2) is 11.4 Å². The molecule has 21 heavy (non-hydrogen) atoms. The smallest absolute Gasteiger partial charge is 0.183 e. The minimum Gasteiger partial charge on any atom is -0.354 e. The molecular weight excluding hydrogens is 304 g/mol. The standard InChI is InChI=1S/C15H13ClN4S/c1-21-15(18-10-17)20-12-7-8-14(13(16)9-12)19-11-5-3-2-4-6-11/h2-9,19H,1H3,(H,18,20). The van der Waals surface area contributed by atoms with E-state index >= 15 is 0 Å². The van der Waals surface area contributed by atoms with E-state index in [-0.39, 0.29) is 0 Å². The summed E-state index contributed by atoms with van der Waals surface area (Å²) in [4.78, 5) is 4.31. The van der Waals surface area contributed by atoms with E-state index in [0.29, 0.717) is 15.9 Å². The molecule has 0 aromatic heterocycles. The van der Waals surface area contributed by atoms with Crippen molar-refractivity contribution in [3.8, 4) is 6.19 Å². The van der Waals surface area contributed by atoms with Crippen molar-refractivity contribution in [3.63, 3.8) is 0 Å². The van der Waals surface area contributed by atoms with Gasteiger partial charge < -0.3 is 5.32 Å². The summed E-state index contributed by atoms with van der Waals surface area (Å²) in [5.74, 6) is 0. The highest BCUT2D eigenvalue weighted by Gasteiger charge is 2.03. The quantitative estimate of drug-likeness (QED) is 0.379. The molecule has 4 nitrogen and oxygen atoms in total. The van der Waals surface area contributed by atoms with Crippen LogP contribution >= 0.6 is 23.4 Å². The Morgan fingerprint density at radius 2 is 2.00 bits per heavy atom. The zero-order valence-corrected chi connectivity index (χ0v) is 12.9. The Morgan fingerprint density at radius 1 is 1.24 bits per heavy atom. The van der Waals surface area contributed by atoms with Gasteiger partial charge in [0.2, 0.25) is 0 Å². The normalized spacial score (nSPS) is 10.8. The van der Waals surface area contributed by atoms with Gasteiger partial charge in [-0.3, -0.25) is 5.32 Å². The molecule has 0 bridgehead atoms. The topological polar surface area (TPSA) is 60.2 Å². The van der Waals surface area contributed by atoms with Gasteiger partial charge in [0.05, 0.1) is 16.4 Å². The van der Waals surface area contributed by atoms with Crippen LogP contribution in [0.25, 0.3) is 0 Å². The number of rotatable bonds is 3. The zero-order chi connectivity index (χ0) is 15.1. The first-order valence-corrected chi connectivity index (χ1v) is 7.72. The predicted octanol–water partition coefficient (Wildman–Crippen LogP) is 4.50. The van der Waals surface area contributed by atoms with Crippen molar-refractivity contribution < 1.29 is 0 Å². The Morgan fingerprint density at radius 3 is 2.62 bits per heavy atom. The first-order chi connectivity index (χ1) is 10.2. The van der Waals surface area contributed by atoms with Crippen molar-refractivity contribution in [2.75, 3.05) is 11.6 Å². The van der Waals surface area contributed by atoms with Crippen molar-refractivity contribution in [2.24, 2.45) is 4.99 Å². The summed E-state index contributed by atoms with van der Waals surface area (Å²) in [5, 5.41) is 15.5. The van der Waals surface area contributed by atoms with E-state index in [2.05, 4.69) is 15.6 Å². The van der Waals surface area contributed by atoms with Gasteiger partial charge in [0.1, 0.15) is 0 Å². The molecule has 2 rings (SSSR count). The van der Waals surface area contributed by atoms with Gasteiger partial charge in [0, 0.05) is 5.69 Å². The monoisotopic (exact) mass is 316 g/mol. The van der Waals surface area contributed by atoms with Crippen LogP contribution in [0.15, 0.2) is 53.5 Å². The molecule has 0 unspecified atom stereocenters. The lowest BCUT2D eigenvalue weighted by atomic mass is 10.2. The Balaban J connectivity index is 2.20. The highest BCUT2D eigenvalue weighted by Crippen LogP contribution is 2.29. The van der Waals surface area contributed by atoms with E-state index in [9.17, 15) is 0 Å². The maximum Gasteiger partial charge on any atom is 0.183 e. The Labute approximate surface area is 132 Å². The molecule has 2 aromatic rings. The van der Waals surface area contributed by atoms with Gasteiger partial charge in [-0.15, -0.1) is 0 Å². The van der Waals surface area contributed by atoms with Crippen molar-refractivity contribution in [1.29, 1.82) is 5.26 Å². The first kappa shape index (κ1) is 15.2. The number of thioether (sulfide) groups is 1. The number of aliphatic imine (C=N–C) groups is 1. The highest BCUT2D eigenvalue weighted by molar-refractivity contribution is 8.13. The summed E-state index contributed by atoms with van der Waals surface area (Å²) in [6.45, 7) is 0. The van der Waals surface area contributed by atoms with E-state index in [1.54, 1.807) is 6.07 Å². The number of nitrogens with zero attached hydrogens (tertiary/aromatic N) is 2. The number of hydrogen-bond donors (Lipinski definition) is 2. The predicted molar refractivity (Wildman–Crippen MR) is 90.5 cm³/mol. The first-order valence-electron chi connectivity index (χ1n) is 6.12. The van der Waals surface area contributed by atoms with Gasteiger partial charge in [-0.1, -0.05) is 41.6 Å². The number of amidine groups is 1. The number of benzene rings is 2. The fourth-order valence-corrected chi connectivity index (χ4v) is 2.21. The van der Waals surface area contributed by atoms with Crippen LogP contribution < -0.4 is 10.6 Å². The maximum absolute atomic E-state index is 8.62. The third-order valence-corrected chi connectivity index (χ3v) is 3.49. The fraction of sp³-hybridized carbons (Fsp3) is 0.0667. The van der Waals surface area contributed by atoms with E-state index in [0.717, 1.165) is 11.4 Å². The summed E-state index contributed by atoms with van der Waals surface area (Å²) in [6, 6.07) is 15.2. The number of anilines is 2. The van der Waals surface area contributed by atoms with Gasteiger partial charge in [-0.2, -0.15) is 5.26 Å². The molecule has 0 radical (unpaired) electrons. The molecule has 0 fully saturated rings. The molecule has 0 aliphatic heterocycles. The Kier molecular flexibility index (Phi) is 5.50. The van der Waals surface area contributed by atoms with Gasteiger partial charge in [-0.05, 0) is 36.6 Å². The van der Waals surface area contributed by atoms with Crippen LogP contribution in [0.4, 0.5) is 17.1 Å². The van der Waals surface area contributed by atoms with Crippen LogP contribution in [0, 0.1) is 11.5 Å². The van der Waals surface area contributed by atoms with Crippen molar-refractivity contribution in [2.45, 2.75) is 0 Å². The average molecular weight is 317 g/mol. The lowest BCUT2D eigenvalue weighted by Gasteiger charge is -2.09. The summed E-state index contributed by atoms with van der Waals surface area (Å²) in [7, 11) is 0. The minimum atomic E-state index is 0.525. The summed E-state index contributed by atoms with van der Waals surface area (Å²) < 4.78 is 0. The lowest BCUT2D eigenvalue weighted by molar-refractivity contribution is 1.28. The van der Waals surface area contributed by atoms with Crippen LogP contribution in [0.3, 0.4) is 0 Å². The van der Waals surface area contributed by atoms with Gasteiger partial charge in [0.25, 0.3) is 0 Å². The van der Waals surface area contributed by atoms with Crippen molar-refractivity contribution >= 4 is 45.6 Å². The minimum absolute atomic E-state index is 0.525. The van der Waals surface area contributed by atoms with Crippen molar-refractivity contribution in [1.82, 2.24) is 5.32 Å². The molecule has 106 valence electrons.